The number of phenols is 1. The third-order valence-electron chi connectivity index (χ3n) is 4.33. The number of nitrogens with two attached hydrogens (primary N) is 1. The maximum atomic E-state index is 12.3. The number of aromatic hydroxyl groups is 1. The normalized spacial score (nSPS) is 10.1. The summed E-state index contributed by atoms with van der Waals surface area (Å²) in [6.07, 6.45) is 0. The Kier molecular flexibility index (Phi) is 7.29. The summed E-state index contributed by atoms with van der Waals surface area (Å²) in [6, 6.07) is 8.58. The molecule has 0 fully saturated rings. The molecule has 0 aliphatic carbocycles. The summed E-state index contributed by atoms with van der Waals surface area (Å²) >= 11 is 1.09. The Morgan fingerprint density at radius 3 is 2.45 bits per heavy atom. The molecule has 2 rings (SSSR count). The van der Waals surface area contributed by atoms with Gasteiger partial charge in [-0.15, -0.1) is 0 Å². The molecule has 0 unspecified atom stereocenters. The van der Waals surface area contributed by atoms with E-state index in [4.69, 9.17) is 10.5 Å². The van der Waals surface area contributed by atoms with Crippen molar-refractivity contribution in [3.63, 3.8) is 0 Å². The number of ether oxygens (including phenoxy) is 1. The highest BCUT2D eigenvalue weighted by atomic mass is 32.2. The van der Waals surface area contributed by atoms with Gasteiger partial charge in [0.2, 0.25) is 5.91 Å². The molecule has 1 heterocycles. The number of thioether (sulfide) groups is 1. The number of methoxy groups -OCH3 is 1. The van der Waals surface area contributed by atoms with Gasteiger partial charge in [0, 0.05) is 18.7 Å². The van der Waals surface area contributed by atoms with Crippen LogP contribution >= 0.6 is 11.8 Å². The average molecular weight is 411 g/mol. The van der Waals surface area contributed by atoms with Crippen molar-refractivity contribution in [3.8, 4) is 34.8 Å². The molecule has 1 aromatic carbocycles. The van der Waals surface area contributed by atoms with E-state index in [0.717, 1.165) is 11.8 Å². The molecular weight excluding hydrogens is 390 g/mol. The number of carbonyl (C=O) groups is 1. The van der Waals surface area contributed by atoms with Gasteiger partial charge < -0.3 is 20.5 Å². The first-order valence-electron chi connectivity index (χ1n) is 8.83. The molecule has 0 radical (unpaired) electrons. The van der Waals surface area contributed by atoms with Gasteiger partial charge in [0.25, 0.3) is 0 Å². The number of phenolic OH excluding ortho intramolecular Hbond substituents is 1. The highest BCUT2D eigenvalue weighted by Gasteiger charge is 2.22. The van der Waals surface area contributed by atoms with E-state index in [1.54, 1.807) is 11.0 Å². The fourth-order valence-electron chi connectivity index (χ4n) is 2.83. The van der Waals surface area contributed by atoms with Gasteiger partial charge in [-0.05, 0) is 31.5 Å². The molecule has 150 valence electrons. The maximum Gasteiger partial charge on any atom is 0.232 e. The Labute approximate surface area is 173 Å². The molecule has 0 atom stereocenters. The Bertz CT molecular complexity index is 1010. The van der Waals surface area contributed by atoms with Gasteiger partial charge in [-0.25, -0.2) is 4.98 Å². The molecule has 0 saturated carbocycles. The van der Waals surface area contributed by atoms with E-state index in [1.807, 2.05) is 19.9 Å². The summed E-state index contributed by atoms with van der Waals surface area (Å²) in [5.41, 5.74) is 6.80. The number of amides is 1. The Morgan fingerprint density at radius 2 is 1.93 bits per heavy atom. The summed E-state index contributed by atoms with van der Waals surface area (Å²) in [5.74, 6) is 0.0697. The fraction of sp³-hybridized carbons (Fsp3) is 0.300. The average Bonchev–Trinajstić information content (AvgIpc) is 2.72. The number of benzene rings is 1. The summed E-state index contributed by atoms with van der Waals surface area (Å²) in [7, 11) is 1.42. The quantitative estimate of drug-likeness (QED) is 0.664. The van der Waals surface area contributed by atoms with E-state index in [9.17, 15) is 20.4 Å². The van der Waals surface area contributed by atoms with E-state index in [1.165, 1.54) is 19.2 Å². The molecule has 3 N–H and O–H groups in total. The second-order valence-corrected chi connectivity index (χ2v) is 6.86. The zero-order valence-electron chi connectivity index (χ0n) is 16.4. The number of rotatable bonds is 7. The highest BCUT2D eigenvalue weighted by molar-refractivity contribution is 8.00. The van der Waals surface area contributed by atoms with Crippen molar-refractivity contribution in [2.75, 3.05) is 31.7 Å². The van der Waals surface area contributed by atoms with Gasteiger partial charge >= 0.3 is 0 Å². The fourth-order valence-corrected chi connectivity index (χ4v) is 3.73. The van der Waals surface area contributed by atoms with Gasteiger partial charge in [-0.2, -0.15) is 10.5 Å². The molecule has 0 spiro atoms. The number of nitriles is 2. The summed E-state index contributed by atoms with van der Waals surface area (Å²) < 4.78 is 5.04. The van der Waals surface area contributed by atoms with Crippen molar-refractivity contribution in [3.05, 3.63) is 29.3 Å². The highest BCUT2D eigenvalue weighted by Crippen LogP contribution is 2.38. The molecule has 29 heavy (non-hydrogen) atoms. The Morgan fingerprint density at radius 1 is 1.28 bits per heavy atom. The molecule has 2 aromatic rings. The predicted molar refractivity (Wildman–Crippen MR) is 110 cm³/mol. The van der Waals surface area contributed by atoms with Crippen molar-refractivity contribution >= 4 is 23.5 Å². The lowest BCUT2D eigenvalue weighted by molar-refractivity contribution is -0.127. The van der Waals surface area contributed by atoms with Crippen LogP contribution in [0.2, 0.25) is 0 Å². The molecule has 0 aliphatic rings. The van der Waals surface area contributed by atoms with Crippen LogP contribution in [0.1, 0.15) is 25.0 Å². The molecule has 1 aromatic heterocycles. The lowest BCUT2D eigenvalue weighted by Gasteiger charge is -2.18. The van der Waals surface area contributed by atoms with Crippen LogP contribution in [0.5, 0.6) is 11.5 Å². The molecule has 1 amide bonds. The van der Waals surface area contributed by atoms with Crippen LogP contribution < -0.4 is 10.5 Å². The van der Waals surface area contributed by atoms with Gasteiger partial charge in [0.15, 0.2) is 11.5 Å². The topological polar surface area (TPSA) is 136 Å². The van der Waals surface area contributed by atoms with Crippen LogP contribution in [-0.4, -0.2) is 46.8 Å². The van der Waals surface area contributed by atoms with Crippen LogP contribution in [-0.2, 0) is 4.79 Å². The van der Waals surface area contributed by atoms with Crippen LogP contribution in [0.4, 0.5) is 5.82 Å². The largest absolute Gasteiger partial charge is 0.504 e. The van der Waals surface area contributed by atoms with Gasteiger partial charge in [0.05, 0.1) is 18.4 Å². The van der Waals surface area contributed by atoms with E-state index in [-0.39, 0.29) is 50.7 Å². The lowest BCUT2D eigenvalue weighted by atomic mass is 9.96. The standard InChI is InChI=1S/C20H21N5O3S/c1-4-25(5-2)17(27)11-29-20-14(10-22)18(13(9-21)19(23)24-20)12-6-7-16(28-3)15(26)8-12/h6-8,26H,4-5,11H2,1-3H3,(H2,23,24). The Hall–Kier alpha value is -3.43. The zero-order chi connectivity index (χ0) is 21.6. The molecule has 0 saturated heterocycles. The van der Waals surface area contributed by atoms with E-state index in [0.29, 0.717) is 18.7 Å². The Balaban J connectivity index is 2.57. The maximum absolute atomic E-state index is 12.3. The number of anilines is 1. The second kappa shape index (κ2) is 9.67. The second-order valence-electron chi connectivity index (χ2n) is 5.89. The van der Waals surface area contributed by atoms with Crippen LogP contribution in [0.25, 0.3) is 11.1 Å². The van der Waals surface area contributed by atoms with Crippen molar-refractivity contribution in [1.29, 1.82) is 10.5 Å². The first-order chi connectivity index (χ1) is 13.9. The summed E-state index contributed by atoms with van der Waals surface area (Å²) in [5, 5.41) is 29.7. The van der Waals surface area contributed by atoms with Gasteiger partial charge in [-0.1, -0.05) is 17.8 Å². The third kappa shape index (κ3) is 4.53. The van der Waals surface area contributed by atoms with Crippen molar-refractivity contribution in [2.24, 2.45) is 0 Å². The SMILES string of the molecule is CCN(CC)C(=O)CSc1nc(N)c(C#N)c(-c2ccc(OC)c(O)c2)c1C#N. The molecule has 0 aliphatic heterocycles. The van der Waals surface area contributed by atoms with Crippen molar-refractivity contribution in [1.82, 2.24) is 9.88 Å². The summed E-state index contributed by atoms with van der Waals surface area (Å²) in [4.78, 5) is 18.2. The van der Waals surface area contributed by atoms with E-state index in [2.05, 4.69) is 11.1 Å². The first-order valence-corrected chi connectivity index (χ1v) is 9.81. The predicted octanol–water partition coefficient (Wildman–Crippen LogP) is 2.75. The number of hydrogen-bond donors (Lipinski definition) is 2. The number of nitrogens with zero attached hydrogens (tertiary/aromatic N) is 4. The van der Waals surface area contributed by atoms with Crippen LogP contribution in [0, 0.1) is 22.7 Å². The molecule has 8 nitrogen and oxygen atoms in total. The number of pyridine rings is 1. The van der Waals surface area contributed by atoms with Crippen molar-refractivity contribution in [2.45, 2.75) is 18.9 Å². The first kappa shape index (κ1) is 21.9. The number of aromatic nitrogens is 1. The van der Waals surface area contributed by atoms with Crippen molar-refractivity contribution < 1.29 is 14.6 Å². The number of hydrogen-bond acceptors (Lipinski definition) is 8. The number of nitrogen functional groups attached to an aromatic ring is 1. The minimum atomic E-state index is -0.140. The van der Waals surface area contributed by atoms with Crippen LogP contribution in [0.15, 0.2) is 23.2 Å². The van der Waals surface area contributed by atoms with Gasteiger partial charge in [0.1, 0.15) is 28.5 Å². The van der Waals surface area contributed by atoms with E-state index < -0.39 is 0 Å². The smallest absolute Gasteiger partial charge is 0.232 e. The molecule has 0 bridgehead atoms. The molecular formula is C20H21N5O3S. The zero-order valence-corrected chi connectivity index (χ0v) is 17.2. The minimum absolute atomic E-state index is 0.0329. The lowest BCUT2D eigenvalue weighted by Crippen LogP contribution is -2.31. The monoisotopic (exact) mass is 411 g/mol. The van der Waals surface area contributed by atoms with Crippen LogP contribution in [0.3, 0.4) is 0 Å². The third-order valence-corrected chi connectivity index (χ3v) is 5.29. The summed E-state index contributed by atoms with van der Waals surface area (Å²) in [6.45, 7) is 4.94. The molecule has 9 heteroatoms. The minimum Gasteiger partial charge on any atom is -0.504 e. The van der Waals surface area contributed by atoms with E-state index >= 15 is 0 Å². The number of carbonyl (C=O) groups excluding carboxylic acids is 1. The van der Waals surface area contributed by atoms with Gasteiger partial charge in [-0.3, -0.25) is 4.79 Å².